The van der Waals surface area contributed by atoms with E-state index in [4.69, 9.17) is 4.98 Å². The molecule has 3 heteroatoms. The third kappa shape index (κ3) is 5.32. The molecular weight excluding hydrogens is 679 g/mol. The predicted octanol–water partition coefficient (Wildman–Crippen LogP) is 13.9. The number of hydrogen-bond acceptors (Lipinski definition) is 1. The topological polar surface area (TPSA) is 22.8 Å². The van der Waals surface area contributed by atoms with Gasteiger partial charge in [0.15, 0.2) is 0 Å². The molecule has 0 aliphatic carbocycles. The quantitative estimate of drug-likeness (QED) is 0.168. The summed E-state index contributed by atoms with van der Waals surface area (Å²) in [5.41, 5.74) is 15.8. The summed E-state index contributed by atoms with van der Waals surface area (Å²) in [5.74, 6) is 0. The second kappa shape index (κ2) is 13.1. The van der Waals surface area contributed by atoms with E-state index in [0.717, 1.165) is 39.5 Å². The molecule has 0 amide bonds. The summed E-state index contributed by atoms with van der Waals surface area (Å²) < 4.78 is 4.81. The van der Waals surface area contributed by atoms with E-state index in [1.54, 1.807) is 0 Å². The van der Waals surface area contributed by atoms with Gasteiger partial charge in [0.05, 0.1) is 33.5 Å². The third-order valence-electron chi connectivity index (χ3n) is 11.1. The van der Waals surface area contributed by atoms with E-state index >= 15 is 0 Å². The number of hydrogen-bond donors (Lipinski definition) is 0. The van der Waals surface area contributed by atoms with Crippen molar-refractivity contribution in [3.63, 3.8) is 0 Å². The molecule has 0 saturated carbocycles. The summed E-state index contributed by atoms with van der Waals surface area (Å²) in [6, 6.07) is 76.1. The zero-order valence-electron chi connectivity index (χ0n) is 30.5. The Kier molecular flexibility index (Phi) is 7.49. The van der Waals surface area contributed by atoms with Crippen molar-refractivity contribution in [2.24, 2.45) is 0 Å². The predicted molar refractivity (Wildman–Crippen MR) is 235 cm³/mol. The lowest BCUT2D eigenvalue weighted by Crippen LogP contribution is -1.96. The van der Waals surface area contributed by atoms with Gasteiger partial charge in [-0.3, -0.25) is 0 Å². The first kappa shape index (κ1) is 32.0. The first-order valence-corrected chi connectivity index (χ1v) is 19.1. The zero-order valence-corrected chi connectivity index (χ0v) is 30.5. The smallest absolute Gasteiger partial charge is 0.0715 e. The summed E-state index contributed by atoms with van der Waals surface area (Å²) in [4.78, 5) is 5.28. The largest absolute Gasteiger partial charge is 0.309 e. The van der Waals surface area contributed by atoms with Crippen LogP contribution in [0.25, 0.3) is 99.8 Å². The van der Waals surface area contributed by atoms with Gasteiger partial charge < -0.3 is 9.13 Å². The fourth-order valence-electron chi connectivity index (χ4n) is 8.43. The minimum absolute atomic E-state index is 0.941. The maximum atomic E-state index is 5.28. The zero-order chi connectivity index (χ0) is 37.0. The lowest BCUT2D eigenvalue weighted by molar-refractivity contribution is 1.16. The molecule has 11 aromatic rings. The Morgan fingerprint density at radius 2 is 0.643 bits per heavy atom. The molecule has 0 aliphatic heterocycles. The molecule has 0 radical (unpaired) electrons. The molecule has 3 nitrogen and oxygen atoms in total. The SMILES string of the molecule is c1ccc(-c2ccc(-c3cc(-c4ccccc4)cc(-c4ccc(-n5c6ccccc6c6cc7c8ccccc8n(-c8ccccc8)c7cc65)cc4)n3)cc2)cc1. The summed E-state index contributed by atoms with van der Waals surface area (Å²) in [7, 11) is 0. The van der Waals surface area contributed by atoms with Gasteiger partial charge in [-0.25, -0.2) is 4.98 Å². The van der Waals surface area contributed by atoms with Crippen LogP contribution in [0.2, 0.25) is 0 Å². The standard InChI is InChI=1S/C53H35N3/c1-4-14-36(15-5-1)38-24-26-39(27-25-38)48-32-41(37-16-6-2-7-17-37)33-49(54-48)40-28-30-43(31-29-40)56-51-23-13-11-21-45(51)47-34-46-44-20-10-12-22-50(44)55(52(46)35-53(47)56)42-18-8-3-9-19-42/h1-35H. The number of nitrogens with zero attached hydrogens (tertiary/aromatic N) is 3. The number of aromatic nitrogens is 3. The molecule has 0 saturated heterocycles. The molecule has 11 rings (SSSR count). The van der Waals surface area contributed by atoms with Crippen molar-refractivity contribution in [3.05, 3.63) is 212 Å². The van der Waals surface area contributed by atoms with E-state index in [9.17, 15) is 0 Å². The maximum absolute atomic E-state index is 5.28. The minimum Gasteiger partial charge on any atom is -0.309 e. The highest BCUT2D eigenvalue weighted by Crippen LogP contribution is 2.40. The molecule has 0 unspecified atom stereocenters. The highest BCUT2D eigenvalue weighted by atomic mass is 15.0. The molecule has 0 spiro atoms. The number of benzene rings is 8. The number of pyridine rings is 1. The fraction of sp³-hybridized carbons (Fsp3) is 0. The first-order valence-electron chi connectivity index (χ1n) is 19.1. The average molecular weight is 714 g/mol. The molecule has 3 aromatic heterocycles. The van der Waals surface area contributed by atoms with Gasteiger partial charge in [-0.1, -0.05) is 152 Å². The summed E-state index contributed by atoms with van der Waals surface area (Å²) >= 11 is 0. The van der Waals surface area contributed by atoms with E-state index in [1.807, 2.05) is 0 Å². The van der Waals surface area contributed by atoms with Crippen LogP contribution in [0.15, 0.2) is 212 Å². The van der Waals surface area contributed by atoms with Crippen LogP contribution in [0.3, 0.4) is 0 Å². The van der Waals surface area contributed by atoms with Crippen LogP contribution in [0, 0.1) is 0 Å². The van der Waals surface area contributed by atoms with E-state index in [0.29, 0.717) is 0 Å². The molecule has 262 valence electrons. The van der Waals surface area contributed by atoms with Gasteiger partial charge in [-0.05, 0) is 82.9 Å². The van der Waals surface area contributed by atoms with Crippen molar-refractivity contribution in [2.75, 3.05) is 0 Å². The normalized spacial score (nSPS) is 11.6. The monoisotopic (exact) mass is 713 g/mol. The van der Waals surface area contributed by atoms with Crippen LogP contribution in [-0.2, 0) is 0 Å². The van der Waals surface area contributed by atoms with Gasteiger partial charge in [0.1, 0.15) is 0 Å². The van der Waals surface area contributed by atoms with E-state index < -0.39 is 0 Å². The highest BCUT2D eigenvalue weighted by molar-refractivity contribution is 6.19. The maximum Gasteiger partial charge on any atom is 0.0715 e. The second-order valence-electron chi connectivity index (χ2n) is 14.4. The molecule has 0 fully saturated rings. The Labute approximate surface area is 325 Å². The van der Waals surface area contributed by atoms with Gasteiger partial charge in [0, 0.05) is 44.0 Å². The molecule has 0 bridgehead atoms. The van der Waals surface area contributed by atoms with E-state index in [-0.39, 0.29) is 0 Å². The van der Waals surface area contributed by atoms with Gasteiger partial charge in [-0.15, -0.1) is 0 Å². The summed E-state index contributed by atoms with van der Waals surface area (Å²) in [6.07, 6.45) is 0. The number of fused-ring (bicyclic) bond motifs is 6. The second-order valence-corrected chi connectivity index (χ2v) is 14.4. The molecule has 8 aromatic carbocycles. The van der Waals surface area contributed by atoms with E-state index in [1.165, 1.54) is 60.3 Å². The van der Waals surface area contributed by atoms with Gasteiger partial charge in [0.2, 0.25) is 0 Å². The van der Waals surface area contributed by atoms with Gasteiger partial charge in [-0.2, -0.15) is 0 Å². The molecule has 0 N–H and O–H groups in total. The number of para-hydroxylation sites is 3. The van der Waals surface area contributed by atoms with Crippen LogP contribution in [0.1, 0.15) is 0 Å². The Morgan fingerprint density at radius 3 is 1.18 bits per heavy atom. The summed E-state index contributed by atoms with van der Waals surface area (Å²) in [5, 5.41) is 5.00. The Balaban J connectivity index is 1.06. The van der Waals surface area contributed by atoms with Crippen molar-refractivity contribution in [3.8, 4) is 56.1 Å². The van der Waals surface area contributed by atoms with Crippen molar-refractivity contribution in [1.82, 2.24) is 14.1 Å². The van der Waals surface area contributed by atoms with Gasteiger partial charge >= 0.3 is 0 Å². The third-order valence-corrected chi connectivity index (χ3v) is 11.1. The first-order chi connectivity index (χ1) is 27.8. The van der Waals surface area contributed by atoms with Crippen molar-refractivity contribution >= 4 is 43.6 Å². The fourth-order valence-corrected chi connectivity index (χ4v) is 8.43. The van der Waals surface area contributed by atoms with Crippen LogP contribution in [0.5, 0.6) is 0 Å². The van der Waals surface area contributed by atoms with Crippen LogP contribution in [-0.4, -0.2) is 14.1 Å². The van der Waals surface area contributed by atoms with Crippen LogP contribution in [0.4, 0.5) is 0 Å². The Hall–Kier alpha value is -7.49. The molecule has 0 aliphatic rings. The van der Waals surface area contributed by atoms with Crippen molar-refractivity contribution < 1.29 is 0 Å². The lowest BCUT2D eigenvalue weighted by atomic mass is 9.98. The average Bonchev–Trinajstić information content (AvgIpc) is 3.78. The molecule has 3 heterocycles. The van der Waals surface area contributed by atoms with Crippen LogP contribution < -0.4 is 0 Å². The lowest BCUT2D eigenvalue weighted by Gasteiger charge is -2.13. The summed E-state index contributed by atoms with van der Waals surface area (Å²) in [6.45, 7) is 0. The Bertz CT molecular complexity index is 3190. The van der Waals surface area contributed by atoms with Crippen molar-refractivity contribution in [2.45, 2.75) is 0 Å². The molecular formula is C53H35N3. The van der Waals surface area contributed by atoms with E-state index in [2.05, 4.69) is 221 Å². The van der Waals surface area contributed by atoms with Gasteiger partial charge in [0.25, 0.3) is 0 Å². The molecule has 56 heavy (non-hydrogen) atoms. The van der Waals surface area contributed by atoms with Crippen LogP contribution >= 0.6 is 0 Å². The number of rotatable bonds is 6. The van der Waals surface area contributed by atoms with Crippen molar-refractivity contribution in [1.29, 1.82) is 0 Å². The molecule has 0 atom stereocenters. The Morgan fingerprint density at radius 1 is 0.250 bits per heavy atom. The highest BCUT2D eigenvalue weighted by Gasteiger charge is 2.19. The minimum atomic E-state index is 0.941.